The van der Waals surface area contributed by atoms with Crippen molar-refractivity contribution in [3.05, 3.63) is 0 Å². The van der Waals surface area contributed by atoms with Gasteiger partial charge >= 0.3 is 0 Å². The van der Waals surface area contributed by atoms with E-state index < -0.39 is 0 Å². The van der Waals surface area contributed by atoms with Crippen molar-refractivity contribution in [2.45, 2.75) is 13.8 Å². The van der Waals surface area contributed by atoms with E-state index >= 15 is 0 Å². The molecule has 0 aliphatic heterocycles. The number of carbonyl (C=O) groups is 1. The molecule has 0 rings (SSSR count). The number of nitrogens with one attached hydrogen (secondary N) is 1. The summed E-state index contributed by atoms with van der Waals surface area (Å²) >= 11 is 4.95. The van der Waals surface area contributed by atoms with Gasteiger partial charge in [-0.2, -0.15) is 0 Å². The van der Waals surface area contributed by atoms with Crippen molar-refractivity contribution < 1.29 is 4.79 Å². The highest BCUT2D eigenvalue weighted by Crippen LogP contribution is 1.89. The Bertz CT molecular complexity index is 72.1. The standard InChI is InChI=1S/C4H8ClNO/c1-3(2)4(7)6-5/h3H,1-2H3,(H,6,7). The van der Waals surface area contributed by atoms with Gasteiger partial charge in [-0.15, -0.1) is 0 Å². The minimum atomic E-state index is -0.137. The monoisotopic (exact) mass is 121 g/mol. The van der Waals surface area contributed by atoms with Crippen LogP contribution in [-0.2, 0) is 4.79 Å². The molecule has 0 aromatic rings. The molecule has 0 spiro atoms. The summed E-state index contributed by atoms with van der Waals surface area (Å²) in [6, 6.07) is 0. The fourth-order valence-corrected chi connectivity index (χ4v) is 0.327. The highest BCUT2D eigenvalue weighted by atomic mass is 35.5. The lowest BCUT2D eigenvalue weighted by atomic mass is 10.2. The molecule has 2 nitrogen and oxygen atoms in total. The minimum Gasteiger partial charge on any atom is -0.274 e. The van der Waals surface area contributed by atoms with Crippen LogP contribution in [0.3, 0.4) is 0 Å². The van der Waals surface area contributed by atoms with Gasteiger partial charge in [-0.25, -0.2) is 0 Å². The highest BCUT2D eigenvalue weighted by molar-refractivity contribution is 6.21. The quantitative estimate of drug-likeness (QED) is 0.514. The van der Waals surface area contributed by atoms with E-state index in [0.717, 1.165) is 0 Å². The first kappa shape index (κ1) is 6.76. The summed E-state index contributed by atoms with van der Waals surface area (Å²) in [5.74, 6) is -0.154. The molecule has 0 aromatic carbocycles. The number of halogens is 1. The van der Waals surface area contributed by atoms with E-state index in [1.54, 1.807) is 13.8 Å². The predicted octanol–water partition coefficient (Wildman–Crippen LogP) is 0.912. The zero-order chi connectivity index (χ0) is 5.86. The minimum absolute atomic E-state index is 0.0162. The van der Waals surface area contributed by atoms with Crippen LogP contribution >= 0.6 is 11.8 Å². The highest BCUT2D eigenvalue weighted by Gasteiger charge is 2.01. The van der Waals surface area contributed by atoms with E-state index in [9.17, 15) is 4.79 Å². The Morgan fingerprint density at radius 1 is 1.71 bits per heavy atom. The summed E-state index contributed by atoms with van der Waals surface area (Å²) in [4.78, 5) is 12.3. The molecule has 0 atom stereocenters. The van der Waals surface area contributed by atoms with E-state index in [-0.39, 0.29) is 11.8 Å². The molecule has 1 amide bonds. The average molecular weight is 122 g/mol. The Morgan fingerprint density at radius 3 is 2.14 bits per heavy atom. The molecule has 0 fully saturated rings. The van der Waals surface area contributed by atoms with Crippen molar-refractivity contribution in [2.24, 2.45) is 5.92 Å². The SMILES string of the molecule is CC(C)C(=O)NCl. The van der Waals surface area contributed by atoms with Gasteiger partial charge in [0.1, 0.15) is 0 Å². The molecule has 0 radical (unpaired) electrons. The Hall–Kier alpha value is -0.240. The van der Waals surface area contributed by atoms with E-state index in [0.29, 0.717) is 0 Å². The van der Waals surface area contributed by atoms with Crippen molar-refractivity contribution >= 4 is 17.7 Å². The van der Waals surface area contributed by atoms with Gasteiger partial charge in [0.05, 0.1) is 0 Å². The lowest BCUT2D eigenvalue weighted by Gasteiger charge is -1.96. The van der Waals surface area contributed by atoms with E-state index in [4.69, 9.17) is 11.8 Å². The van der Waals surface area contributed by atoms with Crippen LogP contribution in [-0.4, -0.2) is 5.91 Å². The Kier molecular flexibility index (Phi) is 2.76. The van der Waals surface area contributed by atoms with Crippen LogP contribution in [0.4, 0.5) is 0 Å². The van der Waals surface area contributed by atoms with Gasteiger partial charge < -0.3 is 0 Å². The lowest BCUT2D eigenvalue weighted by molar-refractivity contribution is -0.122. The van der Waals surface area contributed by atoms with Crippen molar-refractivity contribution in [2.75, 3.05) is 0 Å². The summed E-state index contributed by atoms with van der Waals surface area (Å²) in [6.07, 6.45) is 0. The van der Waals surface area contributed by atoms with Gasteiger partial charge in [-0.1, -0.05) is 13.8 Å². The molecular formula is C4H8ClNO. The fraction of sp³-hybridized carbons (Fsp3) is 0.750. The predicted molar refractivity (Wildman–Crippen MR) is 28.8 cm³/mol. The lowest BCUT2D eigenvalue weighted by Crippen LogP contribution is -2.18. The number of hydrogen-bond acceptors (Lipinski definition) is 1. The molecule has 0 saturated carbocycles. The molecule has 0 saturated heterocycles. The smallest absolute Gasteiger partial charge is 0.236 e. The summed E-state index contributed by atoms with van der Waals surface area (Å²) in [5, 5.41) is 0. The summed E-state index contributed by atoms with van der Waals surface area (Å²) in [5.41, 5.74) is 0. The second-order valence-electron chi connectivity index (χ2n) is 1.61. The van der Waals surface area contributed by atoms with Crippen molar-refractivity contribution in [1.29, 1.82) is 0 Å². The first-order chi connectivity index (χ1) is 3.18. The molecule has 0 bridgehead atoms. The number of hydrogen-bond donors (Lipinski definition) is 1. The van der Waals surface area contributed by atoms with E-state index in [2.05, 4.69) is 0 Å². The van der Waals surface area contributed by atoms with Crippen LogP contribution in [0.1, 0.15) is 13.8 Å². The topological polar surface area (TPSA) is 29.1 Å². The second kappa shape index (κ2) is 2.86. The van der Waals surface area contributed by atoms with Gasteiger partial charge in [0.2, 0.25) is 5.91 Å². The van der Waals surface area contributed by atoms with Gasteiger partial charge in [-0.3, -0.25) is 9.63 Å². The van der Waals surface area contributed by atoms with Gasteiger partial charge in [-0.05, 0) is 0 Å². The molecule has 0 heterocycles. The molecule has 0 unspecified atom stereocenters. The van der Waals surface area contributed by atoms with Crippen LogP contribution in [0.25, 0.3) is 0 Å². The van der Waals surface area contributed by atoms with Crippen LogP contribution in [0.5, 0.6) is 0 Å². The largest absolute Gasteiger partial charge is 0.274 e. The molecule has 3 heteroatoms. The van der Waals surface area contributed by atoms with Crippen LogP contribution in [0, 0.1) is 5.92 Å². The van der Waals surface area contributed by atoms with E-state index in [1.165, 1.54) is 0 Å². The molecule has 0 aromatic heterocycles. The molecule has 0 aliphatic rings. The van der Waals surface area contributed by atoms with Gasteiger partial charge in [0.25, 0.3) is 0 Å². The molecule has 7 heavy (non-hydrogen) atoms. The molecule has 42 valence electrons. The average Bonchev–Trinajstić information content (AvgIpc) is 1.65. The van der Waals surface area contributed by atoms with Crippen LogP contribution < -0.4 is 4.84 Å². The summed E-state index contributed by atoms with van der Waals surface area (Å²) < 4.78 is 0. The third kappa shape index (κ3) is 2.45. The molecular weight excluding hydrogens is 114 g/mol. The molecule has 1 N–H and O–H groups in total. The Balaban J connectivity index is 3.35. The number of rotatable bonds is 1. The first-order valence-corrected chi connectivity index (χ1v) is 2.46. The van der Waals surface area contributed by atoms with Crippen LogP contribution in [0.15, 0.2) is 0 Å². The van der Waals surface area contributed by atoms with Gasteiger partial charge in [0, 0.05) is 17.7 Å². The summed E-state index contributed by atoms with van der Waals surface area (Å²) in [6.45, 7) is 3.55. The van der Waals surface area contributed by atoms with E-state index in [1.807, 2.05) is 4.84 Å². The Morgan fingerprint density at radius 2 is 2.14 bits per heavy atom. The normalized spacial score (nSPS) is 9.14. The third-order valence-electron chi connectivity index (χ3n) is 0.618. The maximum atomic E-state index is 10.3. The maximum Gasteiger partial charge on any atom is 0.236 e. The molecule has 0 aliphatic carbocycles. The third-order valence-corrected chi connectivity index (χ3v) is 0.804. The van der Waals surface area contributed by atoms with Crippen molar-refractivity contribution in [3.63, 3.8) is 0 Å². The fourth-order valence-electron chi connectivity index (χ4n) is 0.109. The number of carbonyl (C=O) groups excluding carboxylic acids is 1. The van der Waals surface area contributed by atoms with Crippen LogP contribution in [0.2, 0.25) is 0 Å². The van der Waals surface area contributed by atoms with Crippen molar-refractivity contribution in [1.82, 2.24) is 4.84 Å². The Labute approximate surface area is 48.0 Å². The first-order valence-electron chi connectivity index (χ1n) is 2.09. The van der Waals surface area contributed by atoms with Crippen molar-refractivity contribution in [3.8, 4) is 0 Å². The second-order valence-corrected chi connectivity index (χ2v) is 1.80. The zero-order valence-corrected chi connectivity index (χ0v) is 5.12. The summed E-state index contributed by atoms with van der Waals surface area (Å²) in [7, 11) is 0. The maximum absolute atomic E-state index is 10.3. The zero-order valence-electron chi connectivity index (χ0n) is 4.36. The van der Waals surface area contributed by atoms with Gasteiger partial charge in [0.15, 0.2) is 0 Å². The number of amides is 1.